The first-order valence-corrected chi connectivity index (χ1v) is 5.98. The van der Waals surface area contributed by atoms with Crippen molar-refractivity contribution < 1.29 is 14.7 Å². The van der Waals surface area contributed by atoms with Crippen LogP contribution in [-0.4, -0.2) is 36.0 Å². The summed E-state index contributed by atoms with van der Waals surface area (Å²) in [5, 5.41) is 9.30. The van der Waals surface area contributed by atoms with Crippen molar-refractivity contribution in [2.75, 3.05) is 14.1 Å². The molecule has 0 aromatic rings. The lowest BCUT2D eigenvalue weighted by Gasteiger charge is -3.09. The highest BCUT2D eigenvalue weighted by atomic mass is 16.4. The first-order valence-electron chi connectivity index (χ1n) is 5.98. The third-order valence-corrected chi connectivity index (χ3v) is 6.78. The monoisotopic (exact) mass is 219 g/mol. The van der Waals surface area contributed by atoms with Crippen LogP contribution < -0.4 is 0 Å². The average Bonchev–Trinajstić information content (AvgIpc) is 2.27. The van der Waals surface area contributed by atoms with E-state index >= 15 is 0 Å². The van der Waals surface area contributed by atoms with Crippen LogP contribution in [0.2, 0.25) is 0 Å². The normalized spacial score (nSPS) is 68.6. The predicted octanol–water partition coefficient (Wildman–Crippen LogP) is -0.103. The van der Waals surface area contributed by atoms with Crippen LogP contribution in [0.4, 0.5) is 0 Å². The van der Waals surface area contributed by atoms with Crippen molar-refractivity contribution in [3.8, 4) is 0 Å². The molecule has 0 spiro atoms. The van der Waals surface area contributed by atoms with E-state index in [1.165, 1.54) is 0 Å². The molecule has 0 atom stereocenters. The molecule has 0 aliphatic heterocycles. The molecule has 0 radical (unpaired) electrons. The lowest BCUT2D eigenvalue weighted by Crippen LogP contribution is -3.12. The van der Waals surface area contributed by atoms with Gasteiger partial charge >= 0.3 is 5.97 Å². The first kappa shape index (κ1) is 8.09. The molecule has 6 aliphatic rings. The summed E-state index contributed by atoms with van der Waals surface area (Å²) < 4.78 is 0. The van der Waals surface area contributed by atoms with Crippen LogP contribution in [0.5, 0.6) is 0 Å². The summed E-state index contributed by atoms with van der Waals surface area (Å²) in [5.41, 5.74) is -0.408. The highest BCUT2D eigenvalue weighted by molar-refractivity contribution is 5.98. The molecule has 6 saturated carbocycles. The average molecular weight is 219 g/mol. The SMILES string of the molecule is CN(C)C(=O)C12C3C4C1C1C2C3C41C(=O)O. The predicted molar refractivity (Wildman–Crippen MR) is 52.1 cm³/mol. The maximum absolute atomic E-state index is 12.2. The number of hydrogen-bond acceptors (Lipinski definition) is 2. The summed E-state index contributed by atoms with van der Waals surface area (Å²) in [7, 11) is 3.63. The van der Waals surface area contributed by atoms with E-state index in [9.17, 15) is 14.7 Å². The maximum atomic E-state index is 12.2. The Bertz CT molecular complexity index is 441. The van der Waals surface area contributed by atoms with Gasteiger partial charge in [-0.25, -0.2) is 0 Å². The van der Waals surface area contributed by atoms with Gasteiger partial charge in [0.2, 0.25) is 5.91 Å². The second-order valence-electron chi connectivity index (χ2n) is 6.53. The molecule has 4 nitrogen and oxygen atoms in total. The number of rotatable bonds is 2. The van der Waals surface area contributed by atoms with Gasteiger partial charge in [-0.15, -0.1) is 0 Å². The minimum Gasteiger partial charge on any atom is -0.481 e. The van der Waals surface area contributed by atoms with Crippen LogP contribution in [-0.2, 0) is 9.59 Å². The quantitative estimate of drug-likeness (QED) is 0.705. The maximum Gasteiger partial charge on any atom is 0.310 e. The Morgan fingerprint density at radius 2 is 1.31 bits per heavy atom. The van der Waals surface area contributed by atoms with Gasteiger partial charge in [-0.05, 0) is 35.5 Å². The van der Waals surface area contributed by atoms with Crippen LogP contribution in [0.15, 0.2) is 0 Å². The van der Waals surface area contributed by atoms with E-state index in [0.29, 0.717) is 35.5 Å². The Hall–Kier alpha value is -1.06. The van der Waals surface area contributed by atoms with Gasteiger partial charge in [0.05, 0.1) is 10.8 Å². The van der Waals surface area contributed by atoms with Crippen LogP contribution in [0.1, 0.15) is 0 Å². The molecular weight excluding hydrogens is 206 g/mol. The molecule has 4 heteroatoms. The van der Waals surface area contributed by atoms with E-state index < -0.39 is 5.97 Å². The summed E-state index contributed by atoms with van der Waals surface area (Å²) in [6.07, 6.45) is 0. The van der Waals surface area contributed by atoms with Gasteiger partial charge in [-0.1, -0.05) is 0 Å². The summed E-state index contributed by atoms with van der Waals surface area (Å²) in [6.45, 7) is 0. The largest absolute Gasteiger partial charge is 0.481 e. The first-order chi connectivity index (χ1) is 7.53. The van der Waals surface area contributed by atoms with Gasteiger partial charge in [0.1, 0.15) is 0 Å². The van der Waals surface area contributed by atoms with E-state index in [1.807, 2.05) is 14.1 Å². The van der Waals surface area contributed by atoms with Crippen molar-refractivity contribution in [1.82, 2.24) is 4.90 Å². The van der Waals surface area contributed by atoms with E-state index in [0.717, 1.165) is 0 Å². The second kappa shape index (κ2) is 1.62. The summed E-state index contributed by atoms with van der Waals surface area (Å²) >= 11 is 0. The number of amides is 1. The standard InChI is InChI=1S/C12H13NO3/c1-13(2)9(14)11-3-6-4(11)8-5(11)7(3)12(6,8)10(15)16/h3-8H,1-2H3,(H,15,16). The number of carboxylic acid groups (broad SMARTS) is 1. The van der Waals surface area contributed by atoms with Crippen LogP contribution >= 0.6 is 0 Å². The zero-order valence-electron chi connectivity index (χ0n) is 9.18. The molecule has 6 aliphatic carbocycles. The lowest BCUT2D eigenvalue weighted by molar-refractivity contribution is -0.627. The smallest absolute Gasteiger partial charge is 0.310 e. The third-order valence-electron chi connectivity index (χ3n) is 6.78. The molecule has 0 bridgehead atoms. The highest BCUT2D eigenvalue weighted by Gasteiger charge is 3.13. The van der Waals surface area contributed by atoms with Crippen molar-refractivity contribution >= 4 is 11.9 Å². The van der Waals surface area contributed by atoms with Gasteiger partial charge < -0.3 is 10.0 Å². The topological polar surface area (TPSA) is 57.6 Å². The molecule has 1 amide bonds. The van der Waals surface area contributed by atoms with Gasteiger partial charge in [0.15, 0.2) is 0 Å². The number of aliphatic carboxylic acids is 1. The molecule has 0 aromatic carbocycles. The summed E-state index contributed by atoms with van der Waals surface area (Å²) in [6, 6.07) is 0. The fraction of sp³-hybridized carbons (Fsp3) is 0.833. The Morgan fingerprint density at radius 3 is 1.62 bits per heavy atom. The van der Waals surface area contributed by atoms with Crippen molar-refractivity contribution in [3.05, 3.63) is 0 Å². The second-order valence-corrected chi connectivity index (χ2v) is 6.53. The molecule has 16 heavy (non-hydrogen) atoms. The zero-order chi connectivity index (χ0) is 11.2. The summed E-state index contributed by atoms with van der Waals surface area (Å²) in [5.74, 6) is 2.13. The number of hydrogen-bond donors (Lipinski definition) is 1. The van der Waals surface area contributed by atoms with Gasteiger partial charge in [-0.2, -0.15) is 0 Å². The molecular formula is C12H13NO3. The Morgan fingerprint density at radius 1 is 0.938 bits per heavy atom. The minimum absolute atomic E-state index is 0.0687. The molecule has 0 aromatic heterocycles. The molecule has 6 fully saturated rings. The minimum atomic E-state index is -0.582. The molecule has 1 N–H and O–H groups in total. The van der Waals surface area contributed by atoms with Crippen LogP contribution in [0.25, 0.3) is 0 Å². The Labute approximate surface area is 92.6 Å². The zero-order valence-corrected chi connectivity index (χ0v) is 9.18. The molecule has 6 rings (SSSR count). The van der Waals surface area contributed by atoms with E-state index in [4.69, 9.17) is 0 Å². The van der Waals surface area contributed by atoms with Gasteiger partial charge in [-0.3, -0.25) is 9.59 Å². The van der Waals surface area contributed by atoms with Crippen molar-refractivity contribution in [1.29, 1.82) is 0 Å². The summed E-state index contributed by atoms with van der Waals surface area (Å²) in [4.78, 5) is 25.2. The fourth-order valence-electron chi connectivity index (χ4n) is 6.77. The molecule has 84 valence electrons. The third kappa shape index (κ3) is 0.328. The number of carbonyl (C=O) groups excluding carboxylic acids is 1. The Balaban J connectivity index is 1.56. The van der Waals surface area contributed by atoms with Crippen molar-refractivity contribution in [3.63, 3.8) is 0 Å². The number of nitrogens with zero attached hydrogens (tertiary/aromatic N) is 1. The van der Waals surface area contributed by atoms with E-state index in [2.05, 4.69) is 0 Å². The Kier molecular flexibility index (Phi) is 0.820. The number of carboxylic acids is 1. The van der Waals surface area contributed by atoms with E-state index in [1.54, 1.807) is 4.90 Å². The van der Waals surface area contributed by atoms with Crippen molar-refractivity contribution in [2.24, 2.45) is 46.3 Å². The fourth-order valence-corrected chi connectivity index (χ4v) is 6.77. The van der Waals surface area contributed by atoms with Gasteiger partial charge in [0.25, 0.3) is 0 Å². The van der Waals surface area contributed by atoms with Crippen LogP contribution in [0, 0.1) is 46.3 Å². The van der Waals surface area contributed by atoms with Crippen LogP contribution in [0.3, 0.4) is 0 Å². The molecule has 0 saturated heterocycles. The van der Waals surface area contributed by atoms with Gasteiger partial charge in [0, 0.05) is 14.1 Å². The van der Waals surface area contributed by atoms with E-state index in [-0.39, 0.29) is 16.7 Å². The number of carbonyl (C=O) groups is 2. The molecule has 0 unspecified atom stereocenters. The lowest BCUT2D eigenvalue weighted by atomic mass is 8.92. The van der Waals surface area contributed by atoms with Crippen molar-refractivity contribution in [2.45, 2.75) is 0 Å². The molecule has 0 heterocycles. The highest BCUT2D eigenvalue weighted by Crippen LogP contribution is 3.10.